The van der Waals surface area contributed by atoms with Crippen LogP contribution in [0.25, 0.3) is 0 Å². The fraction of sp³-hybridized carbons (Fsp3) is 0.538. The minimum atomic E-state index is -4.47. The van der Waals surface area contributed by atoms with Gasteiger partial charge in [-0.3, -0.25) is 9.78 Å². The van der Waals surface area contributed by atoms with E-state index in [4.69, 9.17) is 9.72 Å². The third-order valence-corrected chi connectivity index (χ3v) is 6.90. The first-order valence-electron chi connectivity index (χ1n) is 11.5. The van der Waals surface area contributed by atoms with Crippen LogP contribution in [0.3, 0.4) is 0 Å². The summed E-state index contributed by atoms with van der Waals surface area (Å²) in [5.74, 6) is -0.258. The fourth-order valence-corrected chi connectivity index (χ4v) is 5.47. The molecule has 1 aromatic carbocycles. The van der Waals surface area contributed by atoms with Crippen LogP contribution in [-0.2, 0) is 23.9 Å². The number of alkyl halides is 3. The first-order chi connectivity index (χ1) is 15.5. The Bertz CT molecular complexity index is 1040. The van der Waals surface area contributed by atoms with Gasteiger partial charge in [-0.15, -0.1) is 0 Å². The van der Waals surface area contributed by atoms with Gasteiger partial charge in [0.05, 0.1) is 29.5 Å². The van der Waals surface area contributed by atoms with Crippen LogP contribution in [0.4, 0.5) is 13.2 Å². The molecular weight excluding hydrogens is 431 g/mol. The third-order valence-electron chi connectivity index (χ3n) is 6.90. The Morgan fingerprint density at radius 2 is 1.79 bits per heavy atom. The van der Waals surface area contributed by atoms with Crippen LogP contribution in [0.15, 0.2) is 24.3 Å². The number of halogens is 3. The van der Waals surface area contributed by atoms with E-state index < -0.39 is 17.8 Å². The quantitative estimate of drug-likeness (QED) is 0.543. The van der Waals surface area contributed by atoms with Gasteiger partial charge < -0.3 is 9.84 Å². The molecule has 1 fully saturated rings. The van der Waals surface area contributed by atoms with Gasteiger partial charge >= 0.3 is 6.18 Å². The molecule has 0 spiro atoms. The zero-order chi connectivity index (χ0) is 24.0. The zero-order valence-corrected chi connectivity index (χ0v) is 19.3. The maximum absolute atomic E-state index is 13.7. The molecule has 0 unspecified atom stereocenters. The maximum atomic E-state index is 13.7. The van der Waals surface area contributed by atoms with Gasteiger partial charge in [-0.2, -0.15) is 13.2 Å². The predicted molar refractivity (Wildman–Crippen MR) is 118 cm³/mol. The summed E-state index contributed by atoms with van der Waals surface area (Å²) in [5.41, 5.74) is 2.51. The van der Waals surface area contributed by atoms with E-state index in [1.54, 1.807) is 0 Å². The number of aliphatic hydroxyl groups is 1. The van der Waals surface area contributed by atoms with Gasteiger partial charge in [-0.25, -0.2) is 0 Å². The summed E-state index contributed by atoms with van der Waals surface area (Å²) < 4.78 is 44.5. The van der Waals surface area contributed by atoms with Crippen LogP contribution < -0.4 is 0 Å². The van der Waals surface area contributed by atoms with E-state index in [0.29, 0.717) is 24.1 Å². The Morgan fingerprint density at radius 3 is 2.36 bits per heavy atom. The molecule has 2 aliphatic rings. The van der Waals surface area contributed by atoms with Crippen molar-refractivity contribution in [2.45, 2.75) is 77.2 Å². The first kappa shape index (κ1) is 23.9. The maximum Gasteiger partial charge on any atom is 0.416 e. The summed E-state index contributed by atoms with van der Waals surface area (Å²) in [6, 6.07) is 4.31. The molecule has 1 N–H and O–H groups in total. The molecule has 0 radical (unpaired) electrons. The number of benzene rings is 1. The monoisotopic (exact) mass is 461 g/mol. The number of carbonyl (C=O) groups excluding carboxylic acids is 1. The lowest BCUT2D eigenvalue weighted by Gasteiger charge is -2.37. The van der Waals surface area contributed by atoms with Crippen molar-refractivity contribution in [1.82, 2.24) is 4.98 Å². The van der Waals surface area contributed by atoms with E-state index >= 15 is 0 Å². The standard InChI is InChI=1S/C26H30F3NO3/c1-25(2)12-18-22(20(31)13-25)21(15-6-4-5-7-15)23(19(30-18)14-33-3)24(32)16-8-10-17(11-9-16)26(27,28)29/h8-11,15,20,31H,4-7,12-14H2,1-3H3/t20-/m0/s1. The lowest BCUT2D eigenvalue weighted by atomic mass is 9.71. The van der Waals surface area contributed by atoms with Gasteiger partial charge in [0.1, 0.15) is 0 Å². The molecule has 0 aliphatic heterocycles. The number of hydrogen-bond acceptors (Lipinski definition) is 4. The van der Waals surface area contributed by atoms with Crippen molar-refractivity contribution in [2.24, 2.45) is 5.41 Å². The largest absolute Gasteiger partial charge is 0.416 e. The van der Waals surface area contributed by atoms with Crippen molar-refractivity contribution in [3.63, 3.8) is 0 Å². The van der Waals surface area contributed by atoms with Crippen LogP contribution >= 0.6 is 0 Å². The van der Waals surface area contributed by atoms with Crippen LogP contribution in [0, 0.1) is 5.41 Å². The van der Waals surface area contributed by atoms with Crippen molar-refractivity contribution >= 4 is 5.78 Å². The lowest BCUT2D eigenvalue weighted by molar-refractivity contribution is -0.137. The summed E-state index contributed by atoms with van der Waals surface area (Å²) in [6.07, 6.45) is -0.0552. The molecule has 4 nitrogen and oxygen atoms in total. The Labute approximate surface area is 192 Å². The van der Waals surface area contributed by atoms with E-state index in [9.17, 15) is 23.1 Å². The molecule has 1 aromatic heterocycles. The van der Waals surface area contributed by atoms with Crippen molar-refractivity contribution in [3.8, 4) is 0 Å². The summed E-state index contributed by atoms with van der Waals surface area (Å²) in [6.45, 7) is 4.30. The molecule has 1 saturated carbocycles. The molecule has 2 aliphatic carbocycles. The number of aromatic nitrogens is 1. The number of hydrogen-bond donors (Lipinski definition) is 1. The number of ketones is 1. The normalized spacial score (nSPS) is 20.6. The molecule has 0 saturated heterocycles. The second kappa shape index (κ2) is 8.84. The average Bonchev–Trinajstić information content (AvgIpc) is 3.25. The highest BCUT2D eigenvalue weighted by atomic mass is 19.4. The molecule has 1 heterocycles. The highest BCUT2D eigenvalue weighted by Crippen LogP contribution is 2.48. The number of nitrogens with zero attached hydrogens (tertiary/aromatic N) is 1. The highest BCUT2D eigenvalue weighted by molar-refractivity contribution is 6.11. The number of methoxy groups -OCH3 is 1. The number of ether oxygens (including phenoxy) is 1. The van der Waals surface area contributed by atoms with Gasteiger partial charge in [-0.05, 0) is 54.7 Å². The number of pyridine rings is 1. The van der Waals surface area contributed by atoms with Crippen molar-refractivity contribution in [1.29, 1.82) is 0 Å². The van der Waals surface area contributed by atoms with Gasteiger partial charge in [0.25, 0.3) is 0 Å². The molecule has 0 amide bonds. The summed E-state index contributed by atoms with van der Waals surface area (Å²) in [5, 5.41) is 11.2. The van der Waals surface area contributed by atoms with Crippen LogP contribution in [0.2, 0.25) is 0 Å². The lowest BCUT2D eigenvalue weighted by Crippen LogP contribution is -2.30. The molecule has 178 valence electrons. The van der Waals surface area contributed by atoms with Crippen LogP contribution in [-0.4, -0.2) is 23.0 Å². The van der Waals surface area contributed by atoms with E-state index in [1.807, 2.05) is 0 Å². The highest BCUT2D eigenvalue weighted by Gasteiger charge is 2.39. The number of carbonyl (C=O) groups is 1. The predicted octanol–water partition coefficient (Wildman–Crippen LogP) is 6.14. The van der Waals surface area contributed by atoms with E-state index in [0.717, 1.165) is 54.6 Å². The minimum Gasteiger partial charge on any atom is -0.388 e. The molecule has 0 bridgehead atoms. The van der Waals surface area contributed by atoms with Crippen molar-refractivity contribution in [2.75, 3.05) is 7.11 Å². The average molecular weight is 462 g/mol. The van der Waals surface area contributed by atoms with Gasteiger partial charge in [0, 0.05) is 23.9 Å². The second-order valence-corrected chi connectivity index (χ2v) is 10.1. The topological polar surface area (TPSA) is 59.4 Å². The summed E-state index contributed by atoms with van der Waals surface area (Å²) in [4.78, 5) is 18.5. The number of rotatable bonds is 5. The van der Waals surface area contributed by atoms with Gasteiger partial charge in [0.15, 0.2) is 5.78 Å². The number of aliphatic hydroxyl groups excluding tert-OH is 1. The zero-order valence-electron chi connectivity index (χ0n) is 19.3. The van der Waals surface area contributed by atoms with E-state index in [2.05, 4.69) is 13.8 Å². The van der Waals surface area contributed by atoms with Crippen LogP contribution in [0.1, 0.15) is 102 Å². The third kappa shape index (κ3) is 4.71. The van der Waals surface area contributed by atoms with E-state index in [1.165, 1.54) is 19.2 Å². The van der Waals surface area contributed by atoms with Crippen LogP contribution in [0.5, 0.6) is 0 Å². The molecular formula is C26H30F3NO3. The fourth-order valence-electron chi connectivity index (χ4n) is 5.47. The Kier molecular flexibility index (Phi) is 6.40. The first-order valence-corrected chi connectivity index (χ1v) is 11.5. The molecule has 7 heteroatoms. The van der Waals surface area contributed by atoms with Crippen molar-refractivity contribution in [3.05, 3.63) is 63.5 Å². The Morgan fingerprint density at radius 1 is 1.15 bits per heavy atom. The van der Waals surface area contributed by atoms with E-state index in [-0.39, 0.29) is 29.3 Å². The molecule has 4 rings (SSSR count). The molecule has 2 aromatic rings. The number of fused-ring (bicyclic) bond motifs is 1. The van der Waals surface area contributed by atoms with Gasteiger partial charge in [0.2, 0.25) is 0 Å². The summed E-state index contributed by atoms with van der Waals surface area (Å²) >= 11 is 0. The SMILES string of the molecule is COCc1nc2c(c(C3CCCC3)c1C(=O)c1ccc(C(F)(F)F)cc1)[C@@H](O)CC(C)(C)C2. The molecule has 33 heavy (non-hydrogen) atoms. The minimum absolute atomic E-state index is 0.113. The Hall–Kier alpha value is -2.25. The smallest absolute Gasteiger partial charge is 0.388 e. The van der Waals surface area contributed by atoms with Crippen molar-refractivity contribution < 1.29 is 27.8 Å². The van der Waals surface area contributed by atoms with Gasteiger partial charge in [-0.1, -0.05) is 38.8 Å². The Balaban J connectivity index is 1.91. The molecule has 1 atom stereocenters. The summed E-state index contributed by atoms with van der Waals surface area (Å²) in [7, 11) is 1.53. The second-order valence-electron chi connectivity index (χ2n) is 10.1.